The highest BCUT2D eigenvalue weighted by Crippen LogP contribution is 2.46. The summed E-state index contributed by atoms with van der Waals surface area (Å²) in [6.07, 6.45) is 0. The molecule has 0 bridgehead atoms. The summed E-state index contributed by atoms with van der Waals surface area (Å²) < 4.78 is 7.67. The molecule has 0 N–H and O–H groups in total. The molecule has 0 unspecified atom stereocenters. The average molecular weight is 589 g/mol. The third kappa shape index (κ3) is 2.98. The van der Waals surface area contributed by atoms with Crippen molar-refractivity contribution in [3.63, 3.8) is 0 Å². The van der Waals surface area contributed by atoms with Gasteiger partial charge in [0.15, 0.2) is 0 Å². The van der Waals surface area contributed by atoms with Crippen LogP contribution in [-0.4, -0.2) is 8.97 Å². The molecule has 11 rings (SSSR count). The van der Waals surface area contributed by atoms with E-state index in [0.717, 1.165) is 0 Å². The Hall–Kier alpha value is -5.64. The number of rotatable bonds is 2. The molecule has 0 saturated heterocycles. The molecule has 0 amide bonds. The van der Waals surface area contributed by atoms with Crippen LogP contribution in [0.5, 0.6) is 0 Å². The predicted octanol–water partition coefficient (Wildman–Crippen LogP) is 12.0. The monoisotopic (exact) mass is 588 g/mol. The third-order valence-electron chi connectivity index (χ3n) is 9.84. The van der Waals surface area contributed by atoms with Gasteiger partial charge in [0, 0.05) is 52.8 Å². The average Bonchev–Trinajstić information content (AvgIpc) is 3.73. The molecule has 2 nitrogen and oxygen atoms in total. The second-order valence-corrected chi connectivity index (χ2v) is 13.1. The van der Waals surface area contributed by atoms with E-state index in [0.29, 0.717) is 0 Å². The van der Waals surface area contributed by atoms with E-state index in [1.54, 1.807) is 0 Å². The maximum atomic E-state index is 2.50. The summed E-state index contributed by atoms with van der Waals surface area (Å²) in [5, 5.41) is 10.5. The van der Waals surface area contributed by atoms with Gasteiger partial charge in [-0.2, -0.15) is 0 Å². The summed E-state index contributed by atoms with van der Waals surface area (Å²) in [6, 6.07) is 53.9. The van der Waals surface area contributed by atoms with Gasteiger partial charge in [-0.05, 0) is 59.0 Å². The molecule has 0 aliphatic rings. The van der Waals surface area contributed by atoms with Crippen molar-refractivity contribution in [2.24, 2.45) is 0 Å². The quantitative estimate of drug-likeness (QED) is 0.190. The van der Waals surface area contributed by atoms with E-state index in [9.17, 15) is 0 Å². The van der Waals surface area contributed by atoms with Gasteiger partial charge in [-0.25, -0.2) is 0 Å². The van der Waals surface area contributed by atoms with Crippen LogP contribution in [0.1, 0.15) is 0 Å². The maximum absolute atomic E-state index is 2.50. The van der Waals surface area contributed by atoms with E-state index < -0.39 is 0 Å². The van der Waals surface area contributed by atoms with Crippen molar-refractivity contribution in [3.05, 3.63) is 146 Å². The lowest BCUT2D eigenvalue weighted by atomic mass is 10.0. The van der Waals surface area contributed by atoms with Crippen molar-refractivity contribution in [2.45, 2.75) is 0 Å². The maximum Gasteiger partial charge on any atom is 0.0641 e. The molecule has 208 valence electrons. The zero-order valence-electron chi connectivity index (χ0n) is 24.2. The highest BCUT2D eigenvalue weighted by Gasteiger charge is 2.23. The first kappa shape index (κ1) is 23.8. The van der Waals surface area contributed by atoms with Crippen LogP contribution >= 0.6 is 11.3 Å². The van der Waals surface area contributed by atoms with Crippen LogP contribution in [0.4, 0.5) is 0 Å². The summed E-state index contributed by atoms with van der Waals surface area (Å²) in [6.45, 7) is 0. The molecule has 4 aromatic heterocycles. The van der Waals surface area contributed by atoms with Gasteiger partial charge in [-0.15, -0.1) is 11.3 Å². The molecule has 0 atom stereocenters. The number of fused-ring (bicyclic) bond motifs is 9. The summed E-state index contributed by atoms with van der Waals surface area (Å²) in [5.41, 5.74) is 9.96. The normalized spacial score (nSPS) is 12.4. The van der Waals surface area contributed by atoms with Crippen LogP contribution in [-0.2, 0) is 0 Å². The second kappa shape index (κ2) is 8.50. The lowest BCUT2D eigenvalue weighted by Gasteiger charge is -2.11. The van der Waals surface area contributed by atoms with Gasteiger partial charge in [-0.1, -0.05) is 103 Å². The zero-order chi connectivity index (χ0) is 29.2. The Labute approximate surface area is 261 Å². The number of hydrogen-bond acceptors (Lipinski definition) is 1. The van der Waals surface area contributed by atoms with Crippen LogP contribution in [0.15, 0.2) is 146 Å². The number of benzene rings is 7. The van der Waals surface area contributed by atoms with Gasteiger partial charge in [0.25, 0.3) is 0 Å². The summed E-state index contributed by atoms with van der Waals surface area (Å²) in [7, 11) is 0. The van der Waals surface area contributed by atoms with Gasteiger partial charge in [0.05, 0.1) is 27.6 Å². The summed E-state index contributed by atoms with van der Waals surface area (Å²) in [4.78, 5) is 0. The molecule has 11 aromatic rings. The largest absolute Gasteiger partial charge is 0.309 e. The van der Waals surface area contributed by atoms with E-state index in [1.165, 1.54) is 96.9 Å². The molecule has 0 spiro atoms. The molecule has 3 heteroatoms. The minimum absolute atomic E-state index is 1.18. The standard InChI is InChI=1S/C42H24N2S/c1-4-18-34-28(12-1)31-16-9-20-36-39(31)40-37(23-22-32-29-13-2-5-19-35(29)44(34)41(32)40)43(36)26-11-7-10-25(24-26)27-15-8-17-33-30-14-3-6-21-38(30)45-42(27)33/h1-24H. The molecule has 7 aromatic carbocycles. The van der Waals surface area contributed by atoms with Gasteiger partial charge in [0.2, 0.25) is 0 Å². The van der Waals surface area contributed by atoms with Gasteiger partial charge in [0.1, 0.15) is 0 Å². The third-order valence-corrected chi connectivity index (χ3v) is 11.1. The molecule has 0 radical (unpaired) electrons. The van der Waals surface area contributed by atoms with Gasteiger partial charge >= 0.3 is 0 Å². The fourth-order valence-corrected chi connectivity index (χ4v) is 9.27. The molecule has 0 fully saturated rings. The van der Waals surface area contributed by atoms with E-state index in [1.807, 2.05) is 11.3 Å². The molecule has 45 heavy (non-hydrogen) atoms. The smallest absolute Gasteiger partial charge is 0.0641 e. The first-order valence-corrected chi connectivity index (χ1v) is 16.3. The fourth-order valence-electron chi connectivity index (χ4n) is 8.03. The van der Waals surface area contributed by atoms with Crippen LogP contribution in [0, 0.1) is 0 Å². The number of hydrogen-bond donors (Lipinski definition) is 0. The Morgan fingerprint density at radius 2 is 1.07 bits per heavy atom. The number of para-hydroxylation sites is 2. The number of thiophene rings is 1. The number of aromatic nitrogens is 2. The van der Waals surface area contributed by atoms with E-state index >= 15 is 0 Å². The lowest BCUT2D eigenvalue weighted by molar-refractivity contribution is 1.18. The fraction of sp³-hybridized carbons (Fsp3) is 0. The van der Waals surface area contributed by atoms with Crippen LogP contribution < -0.4 is 0 Å². The van der Waals surface area contributed by atoms with Crippen LogP contribution in [0.2, 0.25) is 0 Å². The van der Waals surface area contributed by atoms with Gasteiger partial charge < -0.3 is 8.97 Å². The molecular weight excluding hydrogens is 565 g/mol. The second-order valence-electron chi connectivity index (χ2n) is 12.1. The Kier molecular flexibility index (Phi) is 4.49. The molecular formula is C42H24N2S. The SMILES string of the molecule is c1cc(-c2cccc3c2sc2ccccc23)cc(-n2c3cccc4c5ccccc5n5c6ccccc6c6ccc2c(c43)c65)c1. The van der Waals surface area contributed by atoms with Crippen molar-refractivity contribution in [2.75, 3.05) is 0 Å². The Balaban J connectivity index is 1.29. The molecule has 0 aliphatic heterocycles. The van der Waals surface area contributed by atoms with Crippen molar-refractivity contribution < 1.29 is 0 Å². The Morgan fingerprint density at radius 3 is 1.93 bits per heavy atom. The number of nitrogens with zero attached hydrogens (tertiary/aromatic N) is 2. The van der Waals surface area contributed by atoms with Gasteiger partial charge in [-0.3, -0.25) is 0 Å². The van der Waals surface area contributed by atoms with E-state index in [-0.39, 0.29) is 0 Å². The minimum Gasteiger partial charge on any atom is -0.309 e. The topological polar surface area (TPSA) is 9.34 Å². The Bertz CT molecular complexity index is 2990. The first-order valence-electron chi connectivity index (χ1n) is 15.5. The van der Waals surface area contributed by atoms with Crippen molar-refractivity contribution >= 4 is 91.4 Å². The first-order chi connectivity index (χ1) is 22.3. The van der Waals surface area contributed by atoms with E-state index in [2.05, 4.69) is 155 Å². The Morgan fingerprint density at radius 1 is 0.422 bits per heavy atom. The highest BCUT2D eigenvalue weighted by atomic mass is 32.1. The molecule has 0 aliphatic carbocycles. The van der Waals surface area contributed by atoms with Crippen molar-refractivity contribution in [1.82, 2.24) is 8.97 Å². The van der Waals surface area contributed by atoms with Crippen LogP contribution in [0.3, 0.4) is 0 Å². The summed E-state index contributed by atoms with van der Waals surface area (Å²) >= 11 is 1.89. The minimum atomic E-state index is 1.18. The zero-order valence-corrected chi connectivity index (χ0v) is 25.0. The van der Waals surface area contributed by atoms with Crippen molar-refractivity contribution in [3.8, 4) is 16.8 Å². The highest BCUT2D eigenvalue weighted by molar-refractivity contribution is 7.26. The van der Waals surface area contributed by atoms with Crippen molar-refractivity contribution in [1.29, 1.82) is 0 Å². The lowest BCUT2D eigenvalue weighted by Crippen LogP contribution is -1.95. The van der Waals surface area contributed by atoms with Crippen LogP contribution in [0.25, 0.3) is 96.9 Å². The predicted molar refractivity (Wildman–Crippen MR) is 194 cm³/mol. The summed E-state index contributed by atoms with van der Waals surface area (Å²) in [5.74, 6) is 0. The van der Waals surface area contributed by atoms with E-state index in [4.69, 9.17) is 0 Å². The molecule has 0 saturated carbocycles. The molecule has 4 heterocycles.